The maximum absolute atomic E-state index is 14.0. The first-order valence-electron chi connectivity index (χ1n) is 18.7. The Morgan fingerprint density at radius 1 is 0.625 bits per heavy atom. The number of carbonyl (C=O) groups is 4. The highest BCUT2D eigenvalue weighted by Crippen LogP contribution is 2.37. The van der Waals surface area contributed by atoms with Crippen LogP contribution in [0.2, 0.25) is 0 Å². The van der Waals surface area contributed by atoms with Gasteiger partial charge in [-0.3, -0.25) is 9.59 Å². The average Bonchev–Trinajstić information content (AvgIpc) is 4.07. The van der Waals surface area contributed by atoms with E-state index in [9.17, 15) is 19.2 Å². The van der Waals surface area contributed by atoms with Crippen LogP contribution in [0.25, 0.3) is 33.2 Å². The van der Waals surface area contributed by atoms with Gasteiger partial charge in [-0.2, -0.15) is 0 Å². The molecule has 1 unspecified atom stereocenters. The summed E-state index contributed by atoms with van der Waals surface area (Å²) in [7, 11) is 2.55. The lowest BCUT2D eigenvalue weighted by atomic mass is 10.0. The number of hydrogen-bond donors (Lipinski definition) is 4. The molecule has 14 nitrogen and oxygen atoms in total. The molecule has 2 saturated heterocycles. The lowest BCUT2D eigenvalue weighted by Crippen LogP contribution is -2.42. The van der Waals surface area contributed by atoms with Crippen LogP contribution in [0.5, 0.6) is 0 Å². The fraction of sp³-hybridized carbons (Fsp3) is 0.286. The topological polar surface area (TPSA) is 175 Å². The summed E-state index contributed by atoms with van der Waals surface area (Å²) in [4.78, 5) is 72.8. The number of nitrogens with zero attached hydrogens (tertiary/aromatic N) is 4. The summed E-state index contributed by atoms with van der Waals surface area (Å²) in [5, 5.41) is 5.43. The van der Waals surface area contributed by atoms with Crippen molar-refractivity contribution in [3.05, 3.63) is 120 Å². The van der Waals surface area contributed by atoms with Gasteiger partial charge in [-0.15, -0.1) is 0 Å². The number of alkyl carbamates (subject to hydrolysis) is 2. The second kappa shape index (κ2) is 15.6. The number of hydrogen-bond acceptors (Lipinski definition) is 8. The van der Waals surface area contributed by atoms with Gasteiger partial charge in [0.25, 0.3) is 11.8 Å². The Morgan fingerprint density at radius 3 is 1.43 bits per heavy atom. The van der Waals surface area contributed by atoms with Gasteiger partial charge >= 0.3 is 12.2 Å². The number of H-pyrrole nitrogens is 2. The van der Waals surface area contributed by atoms with Crippen molar-refractivity contribution >= 4 is 46.1 Å². The Morgan fingerprint density at radius 2 is 1.04 bits per heavy atom. The monoisotopic (exact) mass is 754 g/mol. The zero-order valence-electron chi connectivity index (χ0n) is 31.0. The predicted molar refractivity (Wildman–Crippen MR) is 208 cm³/mol. The molecule has 4 heterocycles. The molecule has 0 bridgehead atoms. The Hall–Kier alpha value is -6.70. The van der Waals surface area contributed by atoms with Gasteiger partial charge in [-0.1, -0.05) is 72.8 Å². The fourth-order valence-electron chi connectivity index (χ4n) is 7.91. The van der Waals surface area contributed by atoms with E-state index in [-0.39, 0.29) is 23.9 Å². The predicted octanol–water partition coefficient (Wildman–Crippen LogP) is 6.63. The third-order valence-corrected chi connectivity index (χ3v) is 10.7. The molecule has 2 aliphatic heterocycles. The molecule has 4 amide bonds. The lowest BCUT2D eigenvalue weighted by Gasteiger charge is -2.28. The van der Waals surface area contributed by atoms with Gasteiger partial charge in [0, 0.05) is 13.1 Å². The van der Waals surface area contributed by atoms with Crippen LogP contribution in [0, 0.1) is 0 Å². The van der Waals surface area contributed by atoms with E-state index in [0.717, 1.165) is 58.9 Å². The Bertz CT molecular complexity index is 2230. The molecule has 0 radical (unpaired) electrons. The molecule has 0 aliphatic carbocycles. The van der Waals surface area contributed by atoms with E-state index < -0.39 is 24.3 Å². The van der Waals surface area contributed by atoms with Crippen LogP contribution in [0.15, 0.2) is 97.1 Å². The minimum Gasteiger partial charge on any atom is -0.453 e. The molecular weight excluding hydrogens is 713 g/mol. The molecule has 6 aromatic rings. The number of benzene rings is 4. The molecule has 8 rings (SSSR count). The fourth-order valence-corrected chi connectivity index (χ4v) is 7.91. The summed E-state index contributed by atoms with van der Waals surface area (Å²) in [5.74, 6) is 0.926. The molecule has 14 heteroatoms. The normalized spacial score (nSPS) is 17.8. The van der Waals surface area contributed by atoms with Gasteiger partial charge in [0.05, 0.1) is 48.4 Å². The molecule has 56 heavy (non-hydrogen) atoms. The second-order valence-electron chi connectivity index (χ2n) is 14.0. The highest BCUT2D eigenvalue weighted by Gasteiger charge is 2.38. The molecule has 0 saturated carbocycles. The summed E-state index contributed by atoms with van der Waals surface area (Å²) in [6.07, 6.45) is 1.71. The molecular formula is C42H42N8O6. The van der Waals surface area contributed by atoms with Crippen molar-refractivity contribution in [2.45, 2.75) is 49.9 Å². The molecule has 2 aromatic heterocycles. The van der Waals surface area contributed by atoms with Gasteiger partial charge in [0.2, 0.25) is 0 Å². The molecule has 286 valence electrons. The van der Waals surface area contributed by atoms with Crippen LogP contribution in [-0.2, 0) is 19.1 Å². The smallest absolute Gasteiger partial charge is 0.407 e. The minimum absolute atomic E-state index is 0.226. The molecule has 4 N–H and O–H groups in total. The summed E-state index contributed by atoms with van der Waals surface area (Å²) in [5.41, 5.74) is 6.50. The number of fused-ring (bicyclic) bond motifs is 2. The van der Waals surface area contributed by atoms with Gasteiger partial charge in [0.15, 0.2) is 0 Å². The number of likely N-dealkylation sites (tertiary alicyclic amines) is 2. The van der Waals surface area contributed by atoms with E-state index in [0.29, 0.717) is 35.9 Å². The first-order chi connectivity index (χ1) is 27.3. The van der Waals surface area contributed by atoms with Crippen LogP contribution in [-0.4, -0.2) is 81.0 Å². The molecule has 2 aliphatic rings. The van der Waals surface area contributed by atoms with Crippen molar-refractivity contribution in [2.24, 2.45) is 0 Å². The number of nitrogens with one attached hydrogen (secondary N) is 4. The van der Waals surface area contributed by atoms with E-state index in [1.165, 1.54) is 14.2 Å². The lowest BCUT2D eigenvalue weighted by molar-refractivity contribution is -0.135. The van der Waals surface area contributed by atoms with Crippen LogP contribution >= 0.6 is 0 Å². The van der Waals surface area contributed by atoms with Crippen molar-refractivity contribution in [2.75, 3.05) is 27.3 Å². The van der Waals surface area contributed by atoms with Crippen LogP contribution in [0.4, 0.5) is 9.59 Å². The Kier molecular flexibility index (Phi) is 10.1. The van der Waals surface area contributed by atoms with E-state index >= 15 is 0 Å². The zero-order chi connectivity index (χ0) is 38.8. The Labute approximate surface area is 322 Å². The molecule has 4 aromatic carbocycles. The average molecular weight is 755 g/mol. The molecule has 2 fully saturated rings. The van der Waals surface area contributed by atoms with Crippen molar-refractivity contribution in [3.8, 4) is 11.1 Å². The summed E-state index contributed by atoms with van der Waals surface area (Å²) in [6.45, 7) is 1.07. The third-order valence-electron chi connectivity index (χ3n) is 10.7. The first-order valence-corrected chi connectivity index (χ1v) is 18.7. The maximum atomic E-state index is 14.0. The van der Waals surface area contributed by atoms with Crippen LogP contribution < -0.4 is 10.6 Å². The van der Waals surface area contributed by atoms with Gasteiger partial charge in [0.1, 0.15) is 23.7 Å². The number of carbonyl (C=O) groups excluding carboxylic acids is 4. The molecule has 4 atom stereocenters. The largest absolute Gasteiger partial charge is 0.453 e. The van der Waals surface area contributed by atoms with Gasteiger partial charge in [-0.05, 0) is 72.2 Å². The van der Waals surface area contributed by atoms with Gasteiger partial charge in [-0.25, -0.2) is 19.6 Å². The Balaban J connectivity index is 1.02. The summed E-state index contributed by atoms with van der Waals surface area (Å²) in [6, 6.07) is 28.0. The minimum atomic E-state index is -0.898. The van der Waals surface area contributed by atoms with E-state index in [4.69, 9.17) is 19.4 Å². The van der Waals surface area contributed by atoms with E-state index in [1.807, 2.05) is 97.1 Å². The van der Waals surface area contributed by atoms with Crippen molar-refractivity contribution in [1.29, 1.82) is 0 Å². The summed E-state index contributed by atoms with van der Waals surface area (Å²) >= 11 is 0. The first kappa shape index (κ1) is 36.3. The SMILES string of the molecule is COC(=O)NC(C(=O)N1CCC[C@H]1c1nc2ccc(-c3ccc4nc([C@@H]5CCCN5C(=O)[C@H](NC(=O)OC)c5ccccc5)[nH]c4c3)cc2[nH]1)c1ccccc1. The van der Waals surface area contributed by atoms with Crippen LogP contribution in [0.1, 0.15) is 72.6 Å². The third kappa shape index (κ3) is 7.12. The van der Waals surface area contributed by atoms with E-state index in [1.54, 1.807) is 9.80 Å². The number of aromatic nitrogens is 4. The van der Waals surface area contributed by atoms with Crippen molar-refractivity contribution in [3.63, 3.8) is 0 Å². The number of aromatic amines is 2. The van der Waals surface area contributed by atoms with Gasteiger partial charge < -0.3 is 39.9 Å². The zero-order valence-corrected chi connectivity index (χ0v) is 31.0. The number of amides is 4. The van der Waals surface area contributed by atoms with Crippen molar-refractivity contribution < 1.29 is 28.7 Å². The highest BCUT2D eigenvalue weighted by molar-refractivity contribution is 5.90. The standard InChI is InChI=1S/C42H42N8O6/c1-55-41(53)47-35(25-11-5-3-6-12-25)39(51)49-21-9-15-33(49)37-43-29-19-17-27(23-31(29)45-37)28-18-20-30-32(24-28)46-38(44-30)34-16-10-22-50(34)40(52)36(48-42(54)56-2)26-13-7-4-8-14-26/h3-8,11-14,17-20,23-24,33-36H,9-10,15-16,21-22H2,1-2H3,(H,43,45)(H,44,46)(H,47,53)(H,48,54)/t33-,34-,35+,36?/m0/s1. The number of imidazole rings is 2. The quantitative estimate of drug-likeness (QED) is 0.127. The molecule has 0 spiro atoms. The summed E-state index contributed by atoms with van der Waals surface area (Å²) < 4.78 is 9.67. The number of ether oxygens (including phenoxy) is 2. The van der Waals surface area contributed by atoms with Crippen molar-refractivity contribution in [1.82, 2.24) is 40.4 Å². The van der Waals surface area contributed by atoms with Crippen LogP contribution in [0.3, 0.4) is 0 Å². The maximum Gasteiger partial charge on any atom is 0.407 e. The number of rotatable bonds is 9. The van der Waals surface area contributed by atoms with E-state index in [2.05, 4.69) is 20.6 Å². The highest BCUT2D eigenvalue weighted by atomic mass is 16.5. The number of methoxy groups -OCH3 is 2. The second-order valence-corrected chi connectivity index (χ2v) is 14.0.